The van der Waals surface area contributed by atoms with Gasteiger partial charge in [0.2, 0.25) is 0 Å². The van der Waals surface area contributed by atoms with Crippen LogP contribution in [0.1, 0.15) is 20.3 Å². The van der Waals surface area contributed by atoms with Crippen LogP contribution >= 0.6 is 0 Å². The summed E-state index contributed by atoms with van der Waals surface area (Å²) in [6.07, 6.45) is -10.7. The minimum Gasteiger partial charge on any atom is -0.378 e. The lowest BCUT2D eigenvalue weighted by atomic mass is 10.1. The summed E-state index contributed by atoms with van der Waals surface area (Å²) in [5.74, 6) is -2.63. The van der Waals surface area contributed by atoms with Crippen molar-refractivity contribution in [1.29, 1.82) is 0 Å². The molecular weight excluding hydrogens is 304 g/mol. The maximum Gasteiger partial charge on any atom is 0.430 e. The predicted molar refractivity (Wildman–Crippen MR) is 54.6 cm³/mol. The molecule has 2 nitrogen and oxygen atoms in total. The number of ether oxygens (including phenoxy) is 2. The number of halogens is 8. The van der Waals surface area contributed by atoms with Crippen molar-refractivity contribution >= 4 is 0 Å². The molecule has 0 bridgehead atoms. The highest BCUT2D eigenvalue weighted by molar-refractivity contribution is 4.90. The summed E-state index contributed by atoms with van der Waals surface area (Å²) in [7, 11) is 1.56. The van der Waals surface area contributed by atoms with Gasteiger partial charge in [0.15, 0.2) is 0 Å². The second-order valence-electron chi connectivity index (χ2n) is 3.86. The van der Waals surface area contributed by atoms with Crippen LogP contribution in [0.3, 0.4) is 0 Å². The third-order valence-corrected chi connectivity index (χ3v) is 2.21. The van der Waals surface area contributed by atoms with Gasteiger partial charge in [0.25, 0.3) is 11.6 Å². The lowest BCUT2D eigenvalue weighted by Crippen LogP contribution is -2.53. The van der Waals surface area contributed by atoms with Gasteiger partial charge < -0.3 is 9.47 Å². The van der Waals surface area contributed by atoms with Gasteiger partial charge in [-0.25, -0.2) is 13.2 Å². The van der Waals surface area contributed by atoms with Crippen molar-refractivity contribution in [2.75, 3.05) is 20.8 Å². The minimum atomic E-state index is -5.66. The molecule has 20 heavy (non-hydrogen) atoms. The Balaban J connectivity index is 0. The first-order valence-electron chi connectivity index (χ1n) is 5.24. The quantitative estimate of drug-likeness (QED) is 0.707. The van der Waals surface area contributed by atoms with E-state index in [-0.39, 0.29) is 13.3 Å². The van der Waals surface area contributed by atoms with Gasteiger partial charge in [-0.05, 0) is 6.92 Å². The molecule has 0 aliphatic heterocycles. The molecule has 1 atom stereocenters. The number of rotatable bonds is 5. The van der Waals surface area contributed by atoms with Crippen LogP contribution < -0.4 is 0 Å². The molecule has 0 rings (SSSR count). The zero-order valence-corrected chi connectivity index (χ0v) is 11.3. The van der Waals surface area contributed by atoms with Crippen molar-refractivity contribution in [3.63, 3.8) is 0 Å². The Kier molecular flexibility index (Phi) is 8.00. The molecule has 0 spiro atoms. The van der Waals surface area contributed by atoms with E-state index in [4.69, 9.17) is 0 Å². The summed E-state index contributed by atoms with van der Waals surface area (Å²) in [5.41, 5.74) is -4.67. The Labute approximate surface area is 111 Å². The standard InChI is InChI=1S/C5H6F6O.C5H10F2O/c1-3(6,4(7,8)9)5(10,11)12-2;1-3-5(6,7)4-8-2/h1-2H3;3-4H2,1-2H3. The first kappa shape index (κ1) is 21.7. The Bertz CT molecular complexity index is 275. The molecule has 0 fully saturated rings. The third kappa shape index (κ3) is 6.21. The van der Waals surface area contributed by atoms with E-state index in [1.54, 1.807) is 0 Å². The van der Waals surface area contributed by atoms with Crippen LogP contribution in [-0.2, 0) is 9.47 Å². The van der Waals surface area contributed by atoms with Gasteiger partial charge in [-0.3, -0.25) is 0 Å². The summed E-state index contributed by atoms with van der Waals surface area (Å²) >= 11 is 0. The highest BCUT2D eigenvalue weighted by Crippen LogP contribution is 2.44. The van der Waals surface area contributed by atoms with Crippen molar-refractivity contribution in [2.45, 2.75) is 44.1 Å². The van der Waals surface area contributed by atoms with E-state index in [9.17, 15) is 35.1 Å². The van der Waals surface area contributed by atoms with Crippen molar-refractivity contribution in [3.05, 3.63) is 0 Å². The number of hydrogen-bond donors (Lipinski definition) is 0. The lowest BCUT2D eigenvalue weighted by molar-refractivity contribution is -0.370. The van der Waals surface area contributed by atoms with Crippen LogP contribution in [0.2, 0.25) is 0 Å². The first-order valence-corrected chi connectivity index (χ1v) is 5.24. The van der Waals surface area contributed by atoms with Crippen LogP contribution in [0.4, 0.5) is 35.1 Å². The molecule has 0 amide bonds. The Morgan fingerprint density at radius 1 is 0.850 bits per heavy atom. The van der Waals surface area contributed by atoms with E-state index in [0.29, 0.717) is 7.11 Å². The smallest absolute Gasteiger partial charge is 0.378 e. The van der Waals surface area contributed by atoms with E-state index < -0.39 is 30.5 Å². The summed E-state index contributed by atoms with van der Waals surface area (Å²) in [5, 5.41) is 0. The zero-order chi connectivity index (χ0) is 16.8. The maximum atomic E-state index is 12.4. The van der Waals surface area contributed by atoms with Crippen molar-refractivity contribution < 1.29 is 44.6 Å². The first-order chi connectivity index (χ1) is 8.68. The van der Waals surface area contributed by atoms with Crippen LogP contribution in [0, 0.1) is 0 Å². The fourth-order valence-corrected chi connectivity index (χ4v) is 0.670. The van der Waals surface area contributed by atoms with Gasteiger partial charge in [-0.1, -0.05) is 6.92 Å². The van der Waals surface area contributed by atoms with E-state index in [2.05, 4.69) is 9.47 Å². The molecule has 0 saturated carbocycles. The monoisotopic (exact) mass is 320 g/mol. The molecule has 0 aromatic heterocycles. The number of alkyl halides is 8. The highest BCUT2D eigenvalue weighted by atomic mass is 19.4. The van der Waals surface area contributed by atoms with Gasteiger partial charge >= 0.3 is 12.3 Å². The molecular formula is C10H16F8O2. The molecule has 10 heteroatoms. The maximum absolute atomic E-state index is 12.4. The van der Waals surface area contributed by atoms with Gasteiger partial charge in [0, 0.05) is 20.6 Å². The van der Waals surface area contributed by atoms with E-state index in [1.807, 2.05) is 0 Å². The minimum absolute atomic E-state index is 0.152. The Hall–Kier alpha value is -0.640. The van der Waals surface area contributed by atoms with E-state index in [1.165, 1.54) is 14.0 Å². The molecule has 0 radical (unpaired) electrons. The summed E-state index contributed by atoms with van der Waals surface area (Å²) in [6, 6.07) is 0. The highest BCUT2D eigenvalue weighted by Gasteiger charge is 2.68. The largest absolute Gasteiger partial charge is 0.430 e. The molecule has 0 aromatic rings. The van der Waals surface area contributed by atoms with Gasteiger partial charge in [0.05, 0.1) is 0 Å². The molecule has 0 aromatic carbocycles. The fraction of sp³-hybridized carbons (Fsp3) is 1.00. The van der Waals surface area contributed by atoms with Crippen molar-refractivity contribution in [3.8, 4) is 0 Å². The Morgan fingerprint density at radius 3 is 1.35 bits per heavy atom. The van der Waals surface area contributed by atoms with Crippen LogP contribution in [-0.4, -0.2) is 44.7 Å². The molecule has 124 valence electrons. The van der Waals surface area contributed by atoms with Gasteiger partial charge in [0.1, 0.15) is 6.61 Å². The SMILES string of the molecule is CCC(F)(F)COC.COC(F)(F)C(C)(F)C(F)(F)F. The summed E-state index contributed by atoms with van der Waals surface area (Å²) < 4.78 is 103. The summed E-state index contributed by atoms with van der Waals surface area (Å²) in [4.78, 5) is 0. The topological polar surface area (TPSA) is 18.5 Å². The number of hydrogen-bond acceptors (Lipinski definition) is 2. The zero-order valence-electron chi connectivity index (χ0n) is 11.3. The van der Waals surface area contributed by atoms with Crippen LogP contribution in [0.25, 0.3) is 0 Å². The lowest BCUT2D eigenvalue weighted by Gasteiger charge is -2.29. The van der Waals surface area contributed by atoms with Crippen molar-refractivity contribution in [1.82, 2.24) is 0 Å². The second kappa shape index (κ2) is 7.39. The Morgan fingerprint density at radius 2 is 1.25 bits per heavy atom. The molecule has 0 N–H and O–H groups in total. The third-order valence-electron chi connectivity index (χ3n) is 2.21. The average molecular weight is 320 g/mol. The average Bonchev–Trinajstić information content (AvgIpc) is 2.28. The molecule has 0 heterocycles. The van der Waals surface area contributed by atoms with Crippen molar-refractivity contribution in [2.24, 2.45) is 0 Å². The van der Waals surface area contributed by atoms with Crippen LogP contribution in [0.5, 0.6) is 0 Å². The van der Waals surface area contributed by atoms with Gasteiger partial charge in [-0.15, -0.1) is 0 Å². The normalized spacial score (nSPS) is 16.2. The van der Waals surface area contributed by atoms with E-state index >= 15 is 0 Å². The van der Waals surface area contributed by atoms with Crippen LogP contribution in [0.15, 0.2) is 0 Å². The molecule has 0 aliphatic carbocycles. The van der Waals surface area contributed by atoms with Gasteiger partial charge in [-0.2, -0.15) is 22.0 Å². The number of methoxy groups -OCH3 is 2. The second-order valence-corrected chi connectivity index (χ2v) is 3.86. The predicted octanol–water partition coefficient (Wildman–Crippen LogP) is 4.19. The molecule has 0 aliphatic rings. The molecule has 1 unspecified atom stereocenters. The molecule has 0 saturated heterocycles. The van der Waals surface area contributed by atoms with E-state index in [0.717, 1.165) is 0 Å². The summed E-state index contributed by atoms with van der Waals surface area (Å²) in [6.45, 7) is 0.680. The fourth-order valence-electron chi connectivity index (χ4n) is 0.670.